The topological polar surface area (TPSA) is 70.6 Å². The third kappa shape index (κ3) is 4.95. The molecule has 1 aliphatic heterocycles. The molecule has 1 saturated heterocycles. The van der Waals surface area contributed by atoms with Crippen molar-refractivity contribution in [3.05, 3.63) is 35.9 Å². The molecule has 0 aromatic heterocycles. The van der Waals surface area contributed by atoms with Gasteiger partial charge in [0.2, 0.25) is 0 Å². The maximum Gasteiger partial charge on any atom is 0.315 e. The van der Waals surface area contributed by atoms with Gasteiger partial charge in [0.05, 0.1) is 12.2 Å². The number of ether oxygens (including phenoxy) is 1. The lowest BCUT2D eigenvalue weighted by atomic mass is 9.82. The van der Waals surface area contributed by atoms with Crippen LogP contribution in [0.25, 0.3) is 0 Å². The number of nitrogens with one attached hydrogen (secondary N) is 2. The minimum Gasteiger partial charge on any atom is -0.393 e. The van der Waals surface area contributed by atoms with Gasteiger partial charge in [-0.05, 0) is 44.6 Å². The van der Waals surface area contributed by atoms with E-state index in [9.17, 15) is 9.90 Å². The van der Waals surface area contributed by atoms with Crippen molar-refractivity contribution < 1.29 is 14.6 Å². The lowest BCUT2D eigenvalue weighted by molar-refractivity contribution is 0.0549. The predicted octanol–water partition coefficient (Wildman–Crippen LogP) is 2.80. The minimum atomic E-state index is -0.398. The van der Waals surface area contributed by atoms with Crippen LogP contribution in [0.15, 0.2) is 30.3 Å². The fourth-order valence-corrected chi connectivity index (χ4v) is 4.26. The molecule has 0 spiro atoms. The summed E-state index contributed by atoms with van der Waals surface area (Å²) in [4.78, 5) is 12.4. The van der Waals surface area contributed by atoms with Gasteiger partial charge in [-0.1, -0.05) is 30.3 Å². The molecular weight excluding hydrogens is 316 g/mol. The molecule has 1 aromatic rings. The Hall–Kier alpha value is -1.59. The lowest BCUT2D eigenvalue weighted by Gasteiger charge is -2.33. The van der Waals surface area contributed by atoms with E-state index in [1.165, 1.54) is 0 Å². The van der Waals surface area contributed by atoms with Crippen LogP contribution in [0.4, 0.5) is 4.79 Å². The zero-order valence-electron chi connectivity index (χ0n) is 15.0. The molecule has 0 bridgehead atoms. The minimum absolute atomic E-state index is 0.107. The van der Waals surface area contributed by atoms with Crippen LogP contribution in [0.3, 0.4) is 0 Å². The van der Waals surface area contributed by atoms with Crippen LogP contribution in [0.1, 0.15) is 50.5 Å². The van der Waals surface area contributed by atoms with Crippen LogP contribution in [-0.2, 0) is 4.74 Å². The second kappa shape index (κ2) is 8.68. The Morgan fingerprint density at radius 3 is 2.84 bits per heavy atom. The van der Waals surface area contributed by atoms with Gasteiger partial charge in [-0.15, -0.1) is 0 Å². The Bertz CT molecular complexity index is 549. The molecule has 0 radical (unpaired) electrons. The van der Waals surface area contributed by atoms with Crippen molar-refractivity contribution in [2.24, 2.45) is 5.92 Å². The number of aliphatic hydroxyl groups excluding tert-OH is 1. The van der Waals surface area contributed by atoms with E-state index < -0.39 is 6.10 Å². The van der Waals surface area contributed by atoms with Crippen molar-refractivity contribution >= 4 is 6.03 Å². The molecular formula is C20H30N2O3. The SMILES string of the molecule is C[C@H](O)C[C@H](CNC(=O)N[C@@H]1CCC[C@H]2OCC[C@@H]12)c1ccccc1. The number of carbonyl (C=O) groups excluding carboxylic acids is 1. The molecule has 5 heteroatoms. The maximum absolute atomic E-state index is 12.4. The Morgan fingerprint density at radius 2 is 2.08 bits per heavy atom. The standard InChI is InChI=1S/C20H30N2O3/c1-14(23)12-16(15-6-3-2-4-7-15)13-21-20(24)22-18-8-5-9-19-17(18)10-11-25-19/h2-4,6-7,14,16-19,23H,5,8-13H2,1H3,(H2,21,22,24)/t14-,16+,17-,18+,19+/m0/s1. The van der Waals surface area contributed by atoms with Crippen LogP contribution in [0, 0.1) is 5.92 Å². The number of carbonyl (C=O) groups is 1. The number of fused-ring (bicyclic) bond motifs is 1. The highest BCUT2D eigenvalue weighted by atomic mass is 16.5. The van der Waals surface area contributed by atoms with Gasteiger partial charge in [-0.25, -0.2) is 4.79 Å². The first-order valence-corrected chi connectivity index (χ1v) is 9.52. The van der Waals surface area contributed by atoms with Crippen LogP contribution < -0.4 is 10.6 Å². The number of urea groups is 1. The predicted molar refractivity (Wildman–Crippen MR) is 97.5 cm³/mol. The average molecular weight is 346 g/mol. The molecule has 3 N–H and O–H groups in total. The second-order valence-electron chi connectivity index (χ2n) is 7.45. The molecule has 2 amide bonds. The molecule has 138 valence electrons. The summed E-state index contributed by atoms with van der Waals surface area (Å²) in [6.07, 6.45) is 4.87. The Morgan fingerprint density at radius 1 is 1.28 bits per heavy atom. The number of amides is 2. The molecule has 1 heterocycles. The van der Waals surface area contributed by atoms with E-state index in [4.69, 9.17) is 4.74 Å². The molecule has 1 aliphatic carbocycles. The number of hydrogen-bond donors (Lipinski definition) is 3. The monoisotopic (exact) mass is 346 g/mol. The number of benzene rings is 1. The molecule has 1 saturated carbocycles. The normalized spacial score (nSPS) is 28.0. The summed E-state index contributed by atoms with van der Waals surface area (Å²) in [6.45, 7) is 3.13. The summed E-state index contributed by atoms with van der Waals surface area (Å²) >= 11 is 0. The maximum atomic E-state index is 12.4. The molecule has 5 atom stereocenters. The van der Waals surface area contributed by atoms with E-state index >= 15 is 0 Å². The molecule has 3 rings (SSSR count). The van der Waals surface area contributed by atoms with Crippen molar-refractivity contribution in [1.82, 2.24) is 10.6 Å². The zero-order chi connectivity index (χ0) is 17.6. The number of hydrogen-bond acceptors (Lipinski definition) is 3. The van der Waals surface area contributed by atoms with Gasteiger partial charge in [-0.3, -0.25) is 0 Å². The van der Waals surface area contributed by atoms with Crippen LogP contribution in [0.2, 0.25) is 0 Å². The Balaban J connectivity index is 1.52. The van der Waals surface area contributed by atoms with Crippen molar-refractivity contribution in [2.45, 2.75) is 63.2 Å². The zero-order valence-corrected chi connectivity index (χ0v) is 15.0. The van der Waals surface area contributed by atoms with Crippen LogP contribution in [0.5, 0.6) is 0 Å². The van der Waals surface area contributed by atoms with E-state index in [0.717, 1.165) is 37.9 Å². The fraction of sp³-hybridized carbons (Fsp3) is 0.650. The van der Waals surface area contributed by atoms with Gasteiger partial charge in [-0.2, -0.15) is 0 Å². The molecule has 2 aliphatic rings. The third-order valence-corrected chi connectivity index (χ3v) is 5.50. The summed E-state index contributed by atoms with van der Waals surface area (Å²) in [7, 11) is 0. The first-order valence-electron chi connectivity index (χ1n) is 9.52. The van der Waals surface area contributed by atoms with Gasteiger partial charge in [0.1, 0.15) is 0 Å². The van der Waals surface area contributed by atoms with Gasteiger partial charge in [0.15, 0.2) is 0 Å². The average Bonchev–Trinajstić information content (AvgIpc) is 3.09. The smallest absolute Gasteiger partial charge is 0.315 e. The first kappa shape index (κ1) is 18.2. The molecule has 2 fully saturated rings. The summed E-state index contributed by atoms with van der Waals surface area (Å²) in [6, 6.07) is 10.2. The summed E-state index contributed by atoms with van der Waals surface area (Å²) in [5.41, 5.74) is 1.14. The number of aliphatic hydroxyl groups is 1. The lowest BCUT2D eigenvalue weighted by Crippen LogP contribution is -2.49. The summed E-state index contributed by atoms with van der Waals surface area (Å²) < 4.78 is 5.77. The van der Waals surface area contributed by atoms with Crippen molar-refractivity contribution in [3.8, 4) is 0 Å². The Kier molecular flexibility index (Phi) is 6.32. The molecule has 1 aromatic carbocycles. The van der Waals surface area contributed by atoms with Crippen molar-refractivity contribution in [3.63, 3.8) is 0 Å². The van der Waals surface area contributed by atoms with Gasteiger partial charge < -0.3 is 20.5 Å². The van der Waals surface area contributed by atoms with E-state index in [2.05, 4.69) is 10.6 Å². The fourth-order valence-electron chi connectivity index (χ4n) is 4.26. The molecule has 5 nitrogen and oxygen atoms in total. The Labute approximate surface area is 150 Å². The van der Waals surface area contributed by atoms with Crippen molar-refractivity contribution in [1.29, 1.82) is 0 Å². The second-order valence-corrected chi connectivity index (χ2v) is 7.45. The van der Waals surface area contributed by atoms with Gasteiger partial charge >= 0.3 is 6.03 Å². The van der Waals surface area contributed by atoms with Crippen LogP contribution >= 0.6 is 0 Å². The summed E-state index contributed by atoms with van der Waals surface area (Å²) in [5, 5.41) is 15.9. The third-order valence-electron chi connectivity index (χ3n) is 5.50. The van der Waals surface area contributed by atoms with E-state index in [-0.39, 0.29) is 18.0 Å². The highest BCUT2D eigenvalue weighted by molar-refractivity contribution is 5.74. The summed E-state index contributed by atoms with van der Waals surface area (Å²) in [5.74, 6) is 0.572. The largest absolute Gasteiger partial charge is 0.393 e. The highest BCUT2D eigenvalue weighted by Gasteiger charge is 2.38. The molecule has 0 unspecified atom stereocenters. The van der Waals surface area contributed by atoms with Crippen LogP contribution in [-0.4, -0.2) is 42.5 Å². The number of rotatable bonds is 6. The van der Waals surface area contributed by atoms with E-state index in [1.807, 2.05) is 30.3 Å². The van der Waals surface area contributed by atoms with Gasteiger partial charge in [0.25, 0.3) is 0 Å². The highest BCUT2D eigenvalue weighted by Crippen LogP contribution is 2.34. The molecule has 25 heavy (non-hydrogen) atoms. The quantitative estimate of drug-likeness (QED) is 0.742. The van der Waals surface area contributed by atoms with Crippen molar-refractivity contribution in [2.75, 3.05) is 13.2 Å². The van der Waals surface area contributed by atoms with E-state index in [1.54, 1.807) is 6.92 Å². The van der Waals surface area contributed by atoms with Gasteiger partial charge in [0, 0.05) is 31.0 Å². The van der Waals surface area contributed by atoms with E-state index in [0.29, 0.717) is 25.0 Å². The first-order chi connectivity index (χ1) is 12.1.